The van der Waals surface area contributed by atoms with Crippen LogP contribution in [0.25, 0.3) is 0 Å². The summed E-state index contributed by atoms with van der Waals surface area (Å²) in [6, 6.07) is 16.3. The molecule has 22 heavy (non-hydrogen) atoms. The van der Waals surface area contributed by atoms with Crippen LogP contribution in [0.5, 0.6) is 0 Å². The van der Waals surface area contributed by atoms with Gasteiger partial charge in [-0.05, 0) is 29.8 Å². The van der Waals surface area contributed by atoms with Crippen molar-refractivity contribution in [3.8, 4) is 0 Å². The summed E-state index contributed by atoms with van der Waals surface area (Å²) in [4.78, 5) is 4.33. The zero-order valence-electron chi connectivity index (χ0n) is 12.0. The van der Waals surface area contributed by atoms with Crippen LogP contribution in [0, 0.1) is 0 Å². The number of hydrogen-bond acceptors (Lipinski definition) is 4. The van der Waals surface area contributed by atoms with Crippen LogP contribution >= 0.6 is 0 Å². The molecule has 0 saturated heterocycles. The molecule has 0 aliphatic carbocycles. The van der Waals surface area contributed by atoms with Crippen LogP contribution in [0.15, 0.2) is 59.6 Å². The molecule has 2 aromatic rings. The monoisotopic (exact) mass is 315 g/mol. The molecular weight excluding hydrogens is 298 g/mol. The fraction of sp³-hybridized carbons (Fsp3) is 0.188. The van der Waals surface area contributed by atoms with E-state index in [2.05, 4.69) is 15.0 Å². The Hall–Kier alpha value is -2.34. The van der Waals surface area contributed by atoms with Crippen molar-refractivity contribution in [2.75, 3.05) is 17.8 Å². The molecule has 0 saturated carbocycles. The van der Waals surface area contributed by atoms with E-state index in [9.17, 15) is 8.42 Å². The number of nitrogens with zero attached hydrogens (tertiary/aromatic N) is 1. The van der Waals surface area contributed by atoms with E-state index in [0.29, 0.717) is 5.69 Å². The Morgan fingerprint density at radius 1 is 1.05 bits per heavy atom. The molecule has 0 aromatic heterocycles. The van der Waals surface area contributed by atoms with Crippen molar-refractivity contribution >= 4 is 21.5 Å². The smallest absolute Gasteiger partial charge is 0.236 e. The molecule has 114 valence electrons. The van der Waals surface area contributed by atoms with E-state index >= 15 is 0 Å². The van der Waals surface area contributed by atoms with Crippen LogP contribution in [0.3, 0.4) is 0 Å². The Morgan fingerprint density at radius 2 is 1.77 bits per heavy atom. The van der Waals surface area contributed by atoms with Gasteiger partial charge in [-0.3, -0.25) is 9.71 Å². The van der Waals surface area contributed by atoms with Crippen LogP contribution in [-0.2, 0) is 15.8 Å². The Labute approximate surface area is 130 Å². The largest absolute Gasteiger partial charge is 0.368 e. The predicted molar refractivity (Wildman–Crippen MR) is 88.5 cm³/mol. The van der Waals surface area contributed by atoms with Gasteiger partial charge in [0.05, 0.1) is 12.3 Å². The number of hydrogen-bond donors (Lipinski definition) is 2. The fourth-order valence-corrected chi connectivity index (χ4v) is 3.50. The molecule has 0 spiro atoms. The molecule has 2 aromatic carbocycles. The van der Waals surface area contributed by atoms with Gasteiger partial charge in [0.2, 0.25) is 10.0 Å². The lowest BCUT2D eigenvalue weighted by atomic mass is 10.2. The lowest BCUT2D eigenvalue weighted by molar-refractivity contribution is 0.600. The second-order valence-corrected chi connectivity index (χ2v) is 6.80. The number of aliphatic imine (C=N–C) groups is 1. The van der Waals surface area contributed by atoms with Gasteiger partial charge in [-0.2, -0.15) is 0 Å². The number of anilines is 1. The second-order valence-electron chi connectivity index (χ2n) is 5.08. The molecule has 0 bridgehead atoms. The van der Waals surface area contributed by atoms with Crippen molar-refractivity contribution in [3.63, 3.8) is 0 Å². The first kappa shape index (κ1) is 14.6. The van der Waals surface area contributed by atoms with Gasteiger partial charge in [0.15, 0.2) is 0 Å². The first-order valence-electron chi connectivity index (χ1n) is 7.06. The topological polar surface area (TPSA) is 70.6 Å². The summed E-state index contributed by atoms with van der Waals surface area (Å²) in [5.41, 5.74) is 2.28. The molecule has 0 amide bonds. The highest BCUT2D eigenvalue weighted by Gasteiger charge is 2.12. The zero-order chi connectivity index (χ0) is 15.4. The van der Waals surface area contributed by atoms with E-state index in [1.807, 2.05) is 30.3 Å². The van der Waals surface area contributed by atoms with Crippen LogP contribution in [0.1, 0.15) is 11.1 Å². The van der Waals surface area contributed by atoms with Crippen molar-refractivity contribution in [2.45, 2.75) is 5.75 Å². The summed E-state index contributed by atoms with van der Waals surface area (Å²) in [5.74, 6) is 0.822. The third-order valence-corrected chi connectivity index (χ3v) is 4.57. The van der Waals surface area contributed by atoms with Gasteiger partial charge in [0, 0.05) is 17.8 Å². The maximum absolute atomic E-state index is 12.2. The van der Waals surface area contributed by atoms with E-state index in [1.54, 1.807) is 24.3 Å². The second kappa shape index (κ2) is 6.19. The molecule has 0 unspecified atom stereocenters. The van der Waals surface area contributed by atoms with Gasteiger partial charge in [-0.25, -0.2) is 8.42 Å². The van der Waals surface area contributed by atoms with Crippen molar-refractivity contribution in [2.24, 2.45) is 4.99 Å². The van der Waals surface area contributed by atoms with Crippen molar-refractivity contribution in [3.05, 3.63) is 65.7 Å². The summed E-state index contributed by atoms with van der Waals surface area (Å²) < 4.78 is 26.9. The quantitative estimate of drug-likeness (QED) is 0.886. The number of nitrogens with one attached hydrogen (secondary N) is 2. The average Bonchev–Trinajstić information content (AvgIpc) is 3.02. The first-order valence-corrected chi connectivity index (χ1v) is 8.71. The summed E-state index contributed by atoms with van der Waals surface area (Å²) in [7, 11) is -3.42. The molecule has 0 radical (unpaired) electrons. The van der Waals surface area contributed by atoms with Crippen molar-refractivity contribution in [1.82, 2.24) is 5.32 Å². The minimum atomic E-state index is -3.42. The van der Waals surface area contributed by atoms with Crippen molar-refractivity contribution in [1.29, 1.82) is 0 Å². The highest BCUT2D eigenvalue weighted by atomic mass is 32.2. The van der Waals surface area contributed by atoms with Gasteiger partial charge in [-0.15, -0.1) is 0 Å². The van der Waals surface area contributed by atoms with Crippen LogP contribution < -0.4 is 10.0 Å². The molecule has 1 aliphatic rings. The predicted octanol–water partition coefficient (Wildman–Crippen LogP) is 1.98. The van der Waals surface area contributed by atoms with E-state index in [1.165, 1.54) is 0 Å². The lowest BCUT2D eigenvalue weighted by Crippen LogP contribution is -2.19. The van der Waals surface area contributed by atoms with Gasteiger partial charge >= 0.3 is 0 Å². The number of sulfonamides is 1. The van der Waals surface area contributed by atoms with Crippen LogP contribution in [-0.4, -0.2) is 27.3 Å². The molecular formula is C16H17N3O2S. The minimum absolute atomic E-state index is 0.0378. The summed E-state index contributed by atoms with van der Waals surface area (Å²) >= 11 is 0. The maximum atomic E-state index is 12.2. The summed E-state index contributed by atoms with van der Waals surface area (Å²) in [6.45, 7) is 1.63. The average molecular weight is 315 g/mol. The van der Waals surface area contributed by atoms with Crippen molar-refractivity contribution < 1.29 is 8.42 Å². The van der Waals surface area contributed by atoms with E-state index in [4.69, 9.17) is 0 Å². The molecule has 6 heteroatoms. The molecule has 2 N–H and O–H groups in total. The Kier molecular flexibility index (Phi) is 4.11. The highest BCUT2D eigenvalue weighted by molar-refractivity contribution is 7.91. The van der Waals surface area contributed by atoms with Crippen LogP contribution in [0.4, 0.5) is 5.69 Å². The molecule has 5 nitrogen and oxygen atoms in total. The SMILES string of the molecule is O=S(=O)(Cc1ccccc1)Nc1ccc(C2=NCCN2)cc1. The van der Waals surface area contributed by atoms with E-state index in [-0.39, 0.29) is 5.75 Å². The van der Waals surface area contributed by atoms with Gasteiger partial charge in [0.25, 0.3) is 0 Å². The minimum Gasteiger partial charge on any atom is -0.368 e. The Morgan fingerprint density at radius 3 is 2.41 bits per heavy atom. The summed E-state index contributed by atoms with van der Waals surface area (Å²) in [5, 5.41) is 3.18. The van der Waals surface area contributed by atoms with E-state index in [0.717, 1.165) is 30.1 Å². The third-order valence-electron chi connectivity index (χ3n) is 3.31. The first-order chi connectivity index (χ1) is 10.6. The number of amidine groups is 1. The number of benzene rings is 2. The molecule has 1 aliphatic heterocycles. The highest BCUT2D eigenvalue weighted by Crippen LogP contribution is 2.14. The maximum Gasteiger partial charge on any atom is 0.236 e. The van der Waals surface area contributed by atoms with E-state index < -0.39 is 10.0 Å². The lowest BCUT2D eigenvalue weighted by Gasteiger charge is -2.09. The zero-order valence-corrected chi connectivity index (χ0v) is 12.8. The van der Waals surface area contributed by atoms with Crippen LogP contribution in [0.2, 0.25) is 0 Å². The van der Waals surface area contributed by atoms with Gasteiger partial charge in [0.1, 0.15) is 5.84 Å². The summed E-state index contributed by atoms with van der Waals surface area (Å²) in [6.07, 6.45) is 0. The molecule has 3 rings (SSSR count). The molecule has 1 heterocycles. The van der Waals surface area contributed by atoms with Gasteiger partial charge in [-0.1, -0.05) is 30.3 Å². The fourth-order valence-electron chi connectivity index (χ4n) is 2.30. The number of rotatable bonds is 5. The molecule has 0 fully saturated rings. The Bertz CT molecular complexity index is 769. The standard InChI is InChI=1S/C16H17N3O2S/c20-22(21,12-13-4-2-1-3-5-13)19-15-8-6-14(7-9-15)16-17-10-11-18-16/h1-9,19H,10-12H2,(H,17,18). The Balaban J connectivity index is 1.69. The normalized spacial score (nSPS) is 14.3. The van der Waals surface area contributed by atoms with Gasteiger partial charge < -0.3 is 5.32 Å². The molecule has 0 atom stereocenters. The third kappa shape index (κ3) is 3.65.